The van der Waals surface area contributed by atoms with Crippen LogP contribution >= 0.6 is 11.6 Å². The highest BCUT2D eigenvalue weighted by Gasteiger charge is 2.20. The molecule has 1 aliphatic carbocycles. The van der Waals surface area contributed by atoms with Crippen molar-refractivity contribution < 1.29 is 4.74 Å². The van der Waals surface area contributed by atoms with Crippen molar-refractivity contribution in [2.24, 2.45) is 5.92 Å². The Kier molecular flexibility index (Phi) is 4.39. The van der Waals surface area contributed by atoms with Crippen LogP contribution < -0.4 is 10.6 Å². The molecule has 1 aromatic heterocycles. The topological polar surface area (TPSA) is 59.1 Å². The van der Waals surface area contributed by atoms with E-state index in [1.165, 1.54) is 12.8 Å². The summed E-state index contributed by atoms with van der Waals surface area (Å²) in [6.45, 7) is 2.25. The first-order valence-corrected chi connectivity index (χ1v) is 6.19. The number of hydrogen-bond donors (Lipinski definition) is 2. The van der Waals surface area contributed by atoms with Crippen molar-refractivity contribution in [2.45, 2.75) is 12.8 Å². The monoisotopic (exact) mass is 256 g/mol. The van der Waals surface area contributed by atoms with Gasteiger partial charge in [-0.05, 0) is 18.8 Å². The van der Waals surface area contributed by atoms with Gasteiger partial charge in [0.1, 0.15) is 5.02 Å². The number of aromatic nitrogens is 2. The molecule has 0 bridgehead atoms. The number of ether oxygens (including phenoxy) is 1. The summed E-state index contributed by atoms with van der Waals surface area (Å²) < 4.78 is 5.51. The van der Waals surface area contributed by atoms with E-state index in [2.05, 4.69) is 20.6 Å². The molecule has 0 saturated heterocycles. The molecule has 0 aromatic carbocycles. The third kappa shape index (κ3) is 4.02. The Bertz CT molecular complexity index is 370. The Morgan fingerprint density at radius 3 is 3.06 bits per heavy atom. The van der Waals surface area contributed by atoms with Crippen LogP contribution in [-0.2, 0) is 4.74 Å². The molecule has 1 aromatic rings. The molecule has 0 unspecified atom stereocenters. The number of hydrogen-bond acceptors (Lipinski definition) is 5. The van der Waals surface area contributed by atoms with Gasteiger partial charge in [-0.1, -0.05) is 11.6 Å². The van der Waals surface area contributed by atoms with Crippen LogP contribution in [0.3, 0.4) is 0 Å². The zero-order valence-electron chi connectivity index (χ0n) is 9.87. The van der Waals surface area contributed by atoms with Gasteiger partial charge >= 0.3 is 0 Å². The summed E-state index contributed by atoms with van der Waals surface area (Å²) in [4.78, 5) is 8.22. The highest BCUT2D eigenvalue weighted by Crippen LogP contribution is 2.28. The Hall–Kier alpha value is -1.07. The number of nitrogens with zero attached hydrogens (tertiary/aromatic N) is 2. The Labute approximate surface area is 106 Å². The van der Waals surface area contributed by atoms with Crippen LogP contribution in [0.25, 0.3) is 0 Å². The lowest BCUT2D eigenvalue weighted by molar-refractivity contribution is 0.134. The zero-order valence-corrected chi connectivity index (χ0v) is 10.6. The maximum absolute atomic E-state index is 5.97. The molecule has 0 spiro atoms. The van der Waals surface area contributed by atoms with Gasteiger partial charge in [0.2, 0.25) is 5.95 Å². The van der Waals surface area contributed by atoms with E-state index in [0.29, 0.717) is 29.9 Å². The molecule has 1 fully saturated rings. The van der Waals surface area contributed by atoms with Gasteiger partial charge in [-0.2, -0.15) is 4.98 Å². The third-order valence-corrected chi connectivity index (χ3v) is 2.83. The first-order chi connectivity index (χ1) is 8.29. The molecular formula is C11H17ClN4O. The number of anilines is 2. The molecule has 17 heavy (non-hydrogen) atoms. The first kappa shape index (κ1) is 12.4. The van der Waals surface area contributed by atoms with E-state index in [1.54, 1.807) is 13.2 Å². The fraction of sp³-hybridized carbons (Fsp3) is 0.636. The van der Waals surface area contributed by atoms with Crippen molar-refractivity contribution >= 4 is 23.4 Å². The van der Waals surface area contributed by atoms with Gasteiger partial charge in [-0.25, -0.2) is 4.98 Å². The maximum atomic E-state index is 5.97. The van der Waals surface area contributed by atoms with Crippen LogP contribution in [0.1, 0.15) is 12.8 Å². The van der Waals surface area contributed by atoms with Crippen molar-refractivity contribution in [2.75, 3.05) is 37.4 Å². The maximum Gasteiger partial charge on any atom is 0.224 e. The molecule has 0 atom stereocenters. The van der Waals surface area contributed by atoms with Crippen molar-refractivity contribution in [1.29, 1.82) is 0 Å². The van der Waals surface area contributed by atoms with E-state index in [1.807, 2.05) is 0 Å². The number of halogens is 1. The minimum atomic E-state index is 0.520. The molecular weight excluding hydrogens is 240 g/mol. The Balaban J connectivity index is 1.72. The second-order valence-corrected chi connectivity index (χ2v) is 4.49. The van der Waals surface area contributed by atoms with E-state index in [0.717, 1.165) is 12.5 Å². The first-order valence-electron chi connectivity index (χ1n) is 5.81. The summed E-state index contributed by atoms with van der Waals surface area (Å²) in [6, 6.07) is 0. The Morgan fingerprint density at radius 2 is 2.35 bits per heavy atom. The quantitative estimate of drug-likeness (QED) is 0.731. The summed E-state index contributed by atoms with van der Waals surface area (Å²) >= 11 is 5.97. The fourth-order valence-electron chi connectivity index (χ4n) is 1.39. The van der Waals surface area contributed by atoms with Crippen LogP contribution in [0.5, 0.6) is 0 Å². The minimum absolute atomic E-state index is 0.520. The summed E-state index contributed by atoms with van der Waals surface area (Å²) in [5, 5.41) is 6.52. The van der Waals surface area contributed by atoms with Gasteiger partial charge in [-0.3, -0.25) is 0 Å². The molecule has 5 nitrogen and oxygen atoms in total. The van der Waals surface area contributed by atoms with E-state index < -0.39 is 0 Å². The summed E-state index contributed by atoms with van der Waals surface area (Å²) in [5.41, 5.74) is 0. The largest absolute Gasteiger partial charge is 0.379 e. The lowest BCUT2D eigenvalue weighted by atomic mass is 10.5. The molecule has 2 N–H and O–H groups in total. The molecule has 2 rings (SSSR count). The highest BCUT2D eigenvalue weighted by atomic mass is 35.5. The minimum Gasteiger partial charge on any atom is -0.379 e. The lowest BCUT2D eigenvalue weighted by Gasteiger charge is -2.08. The summed E-state index contributed by atoms with van der Waals surface area (Å²) in [5.74, 6) is 1.99. The SMILES string of the molecule is CNc1ncc(Cl)c(NCCOCC2CC2)n1. The van der Waals surface area contributed by atoms with Gasteiger partial charge in [0.15, 0.2) is 5.82 Å². The van der Waals surface area contributed by atoms with E-state index >= 15 is 0 Å². The summed E-state index contributed by atoms with van der Waals surface area (Å²) in [7, 11) is 1.77. The van der Waals surface area contributed by atoms with Crippen LogP contribution in [-0.4, -0.2) is 36.8 Å². The molecule has 0 radical (unpaired) electrons. The van der Waals surface area contributed by atoms with Gasteiger partial charge in [0.25, 0.3) is 0 Å². The van der Waals surface area contributed by atoms with E-state index in [4.69, 9.17) is 16.3 Å². The molecule has 1 heterocycles. The molecule has 6 heteroatoms. The number of nitrogens with one attached hydrogen (secondary N) is 2. The van der Waals surface area contributed by atoms with Crippen LogP contribution in [0, 0.1) is 5.92 Å². The van der Waals surface area contributed by atoms with Crippen LogP contribution in [0.4, 0.5) is 11.8 Å². The molecule has 1 aliphatic rings. The zero-order chi connectivity index (χ0) is 12.1. The average molecular weight is 257 g/mol. The van der Waals surface area contributed by atoms with E-state index in [-0.39, 0.29) is 0 Å². The molecule has 0 aliphatic heterocycles. The fourth-order valence-corrected chi connectivity index (χ4v) is 1.55. The second-order valence-electron chi connectivity index (χ2n) is 4.09. The smallest absolute Gasteiger partial charge is 0.224 e. The van der Waals surface area contributed by atoms with Gasteiger partial charge in [0.05, 0.1) is 12.8 Å². The van der Waals surface area contributed by atoms with E-state index in [9.17, 15) is 0 Å². The van der Waals surface area contributed by atoms with Gasteiger partial charge < -0.3 is 15.4 Å². The highest BCUT2D eigenvalue weighted by molar-refractivity contribution is 6.32. The average Bonchev–Trinajstić information content (AvgIpc) is 3.15. The van der Waals surface area contributed by atoms with Crippen molar-refractivity contribution in [3.05, 3.63) is 11.2 Å². The predicted octanol–water partition coefficient (Wildman–Crippen LogP) is 2.01. The summed E-state index contributed by atoms with van der Waals surface area (Å²) in [6.07, 6.45) is 4.21. The van der Waals surface area contributed by atoms with Gasteiger partial charge in [-0.15, -0.1) is 0 Å². The van der Waals surface area contributed by atoms with Gasteiger partial charge in [0, 0.05) is 20.2 Å². The second kappa shape index (κ2) is 6.02. The van der Waals surface area contributed by atoms with Crippen LogP contribution in [0.2, 0.25) is 5.02 Å². The normalized spacial score (nSPS) is 14.7. The molecule has 0 amide bonds. The molecule has 1 saturated carbocycles. The van der Waals surface area contributed by atoms with Crippen molar-refractivity contribution in [3.63, 3.8) is 0 Å². The van der Waals surface area contributed by atoms with Crippen molar-refractivity contribution in [3.8, 4) is 0 Å². The van der Waals surface area contributed by atoms with Crippen LogP contribution in [0.15, 0.2) is 6.20 Å². The number of rotatable bonds is 7. The standard InChI is InChI=1S/C11H17ClN4O/c1-13-11-15-6-9(12)10(16-11)14-4-5-17-7-8-2-3-8/h6,8H,2-5,7H2,1H3,(H2,13,14,15,16). The molecule has 94 valence electrons. The Morgan fingerprint density at radius 1 is 1.53 bits per heavy atom. The predicted molar refractivity (Wildman–Crippen MR) is 68.6 cm³/mol. The van der Waals surface area contributed by atoms with Crippen molar-refractivity contribution in [1.82, 2.24) is 9.97 Å². The lowest BCUT2D eigenvalue weighted by Crippen LogP contribution is -2.12. The third-order valence-electron chi connectivity index (χ3n) is 2.56.